The van der Waals surface area contributed by atoms with Crippen LogP contribution in [0.1, 0.15) is 27.7 Å². The zero-order valence-electron chi connectivity index (χ0n) is 12.7. The summed E-state index contributed by atoms with van der Waals surface area (Å²) in [6.07, 6.45) is -3.16. The van der Waals surface area contributed by atoms with Crippen molar-refractivity contribution in [3.63, 3.8) is 0 Å². The number of halogens is 3. The van der Waals surface area contributed by atoms with Crippen LogP contribution in [-0.4, -0.2) is 42.9 Å². The molecule has 0 aromatic rings. The van der Waals surface area contributed by atoms with Gasteiger partial charge in [0.05, 0.1) is 6.61 Å². The van der Waals surface area contributed by atoms with E-state index in [1.165, 1.54) is 0 Å². The first kappa shape index (κ1) is 21.7. The molecule has 0 spiro atoms. The average Bonchev–Trinajstić information content (AvgIpc) is 2.34. The van der Waals surface area contributed by atoms with Crippen LogP contribution >= 0.6 is 0 Å². The third-order valence-corrected chi connectivity index (χ3v) is 2.32. The molecule has 21 heavy (non-hydrogen) atoms. The molecule has 0 aliphatic rings. The third-order valence-electron chi connectivity index (χ3n) is 2.32. The molecule has 8 heteroatoms. The van der Waals surface area contributed by atoms with Crippen LogP contribution in [0.2, 0.25) is 0 Å². The van der Waals surface area contributed by atoms with Gasteiger partial charge in [0, 0.05) is 11.6 Å². The molecule has 0 radical (unpaired) electrons. The van der Waals surface area contributed by atoms with E-state index in [0.717, 1.165) is 0 Å². The highest BCUT2D eigenvalue weighted by Gasteiger charge is 2.38. The molecule has 124 valence electrons. The SMILES string of the molecule is CCOC(=O)/C(C)=C/[C@@H](NC)C(C)C.O=C(O)C(F)(F)F. The van der Waals surface area contributed by atoms with Gasteiger partial charge in [0.15, 0.2) is 0 Å². The summed E-state index contributed by atoms with van der Waals surface area (Å²) in [6, 6.07) is 0.222. The van der Waals surface area contributed by atoms with Crippen LogP contribution in [0.25, 0.3) is 0 Å². The van der Waals surface area contributed by atoms with Gasteiger partial charge in [-0.05, 0) is 26.8 Å². The fourth-order valence-corrected chi connectivity index (χ4v) is 1.19. The van der Waals surface area contributed by atoms with E-state index in [4.69, 9.17) is 14.6 Å². The minimum atomic E-state index is -5.08. The summed E-state index contributed by atoms with van der Waals surface area (Å²) >= 11 is 0. The van der Waals surface area contributed by atoms with Gasteiger partial charge in [0.1, 0.15) is 0 Å². The fourth-order valence-electron chi connectivity index (χ4n) is 1.19. The van der Waals surface area contributed by atoms with Crippen LogP contribution in [0.3, 0.4) is 0 Å². The Morgan fingerprint density at radius 1 is 1.33 bits per heavy atom. The quantitative estimate of drug-likeness (QED) is 0.602. The summed E-state index contributed by atoms with van der Waals surface area (Å²) in [6.45, 7) is 8.23. The Bertz CT molecular complexity index is 365. The lowest BCUT2D eigenvalue weighted by molar-refractivity contribution is -0.192. The molecule has 0 aromatic heterocycles. The first-order chi connectivity index (χ1) is 9.47. The Labute approximate surface area is 122 Å². The number of alkyl halides is 3. The van der Waals surface area contributed by atoms with Gasteiger partial charge in [0.25, 0.3) is 0 Å². The topological polar surface area (TPSA) is 75.6 Å². The Morgan fingerprint density at radius 3 is 2.00 bits per heavy atom. The van der Waals surface area contributed by atoms with Crippen molar-refractivity contribution in [3.05, 3.63) is 11.6 Å². The van der Waals surface area contributed by atoms with Gasteiger partial charge in [-0.25, -0.2) is 9.59 Å². The Hall–Kier alpha value is -1.57. The van der Waals surface area contributed by atoms with Gasteiger partial charge < -0.3 is 15.2 Å². The monoisotopic (exact) mass is 313 g/mol. The molecular weight excluding hydrogens is 291 g/mol. The summed E-state index contributed by atoms with van der Waals surface area (Å²) in [4.78, 5) is 20.2. The average molecular weight is 313 g/mol. The third kappa shape index (κ3) is 10.8. The number of esters is 1. The van der Waals surface area contributed by atoms with Crippen molar-refractivity contribution < 1.29 is 32.6 Å². The van der Waals surface area contributed by atoms with Crippen molar-refractivity contribution in [1.82, 2.24) is 5.32 Å². The molecular formula is C13H22F3NO4. The summed E-state index contributed by atoms with van der Waals surface area (Å²) in [5, 5.41) is 10.3. The smallest absolute Gasteiger partial charge is 0.475 e. The lowest BCUT2D eigenvalue weighted by Crippen LogP contribution is -2.29. The molecule has 0 aliphatic heterocycles. The number of rotatable bonds is 5. The number of likely N-dealkylation sites (N-methyl/N-ethyl adjacent to an activating group) is 1. The predicted molar refractivity (Wildman–Crippen MR) is 71.8 cm³/mol. The van der Waals surface area contributed by atoms with E-state index < -0.39 is 12.1 Å². The van der Waals surface area contributed by atoms with Crippen LogP contribution < -0.4 is 5.32 Å². The Balaban J connectivity index is 0. The van der Waals surface area contributed by atoms with Gasteiger partial charge in [-0.15, -0.1) is 0 Å². The van der Waals surface area contributed by atoms with Gasteiger partial charge >= 0.3 is 18.1 Å². The number of carboxylic acids is 1. The van der Waals surface area contributed by atoms with Crippen LogP contribution in [0.5, 0.6) is 0 Å². The molecule has 0 saturated carbocycles. The highest BCUT2D eigenvalue weighted by Crippen LogP contribution is 2.13. The maximum Gasteiger partial charge on any atom is 0.490 e. The first-order valence-corrected chi connectivity index (χ1v) is 6.30. The molecule has 0 unspecified atom stereocenters. The van der Waals surface area contributed by atoms with E-state index in [9.17, 15) is 18.0 Å². The van der Waals surface area contributed by atoms with Gasteiger partial charge in [-0.3, -0.25) is 0 Å². The molecule has 0 heterocycles. The van der Waals surface area contributed by atoms with Gasteiger partial charge in [0.2, 0.25) is 0 Å². The van der Waals surface area contributed by atoms with Gasteiger partial charge in [-0.1, -0.05) is 19.9 Å². The second-order valence-corrected chi connectivity index (χ2v) is 4.43. The molecule has 0 rings (SSSR count). The second kappa shape index (κ2) is 10.2. The normalized spacial score (nSPS) is 13.3. The number of nitrogens with one attached hydrogen (secondary N) is 1. The lowest BCUT2D eigenvalue weighted by Gasteiger charge is -2.16. The van der Waals surface area contributed by atoms with E-state index >= 15 is 0 Å². The van der Waals surface area contributed by atoms with E-state index in [0.29, 0.717) is 18.1 Å². The molecule has 1 atom stereocenters. The zero-order chi connectivity index (χ0) is 17.2. The number of carbonyl (C=O) groups excluding carboxylic acids is 1. The number of hydrogen-bond acceptors (Lipinski definition) is 4. The predicted octanol–water partition coefficient (Wildman–Crippen LogP) is 2.37. The summed E-state index contributed by atoms with van der Waals surface area (Å²) in [5.74, 6) is -2.52. The van der Waals surface area contributed by atoms with Crippen molar-refractivity contribution in [2.45, 2.75) is 39.9 Å². The van der Waals surface area contributed by atoms with E-state index in [1.54, 1.807) is 6.92 Å². The molecule has 0 aromatic carbocycles. The van der Waals surface area contributed by atoms with Crippen LogP contribution in [0.4, 0.5) is 13.2 Å². The molecule has 0 aliphatic carbocycles. The zero-order valence-corrected chi connectivity index (χ0v) is 12.7. The van der Waals surface area contributed by atoms with Crippen molar-refractivity contribution in [2.24, 2.45) is 5.92 Å². The number of hydrogen-bond donors (Lipinski definition) is 2. The van der Waals surface area contributed by atoms with E-state index in [-0.39, 0.29) is 12.0 Å². The Morgan fingerprint density at radius 2 is 1.76 bits per heavy atom. The molecule has 5 nitrogen and oxygen atoms in total. The Kier molecular flexibility index (Phi) is 10.6. The maximum atomic E-state index is 11.3. The fraction of sp³-hybridized carbons (Fsp3) is 0.692. The highest BCUT2D eigenvalue weighted by atomic mass is 19.4. The number of aliphatic carboxylic acids is 1. The van der Waals surface area contributed by atoms with Crippen molar-refractivity contribution >= 4 is 11.9 Å². The number of carbonyl (C=O) groups is 2. The van der Waals surface area contributed by atoms with Gasteiger partial charge in [-0.2, -0.15) is 13.2 Å². The largest absolute Gasteiger partial charge is 0.490 e. The highest BCUT2D eigenvalue weighted by molar-refractivity contribution is 5.87. The second-order valence-electron chi connectivity index (χ2n) is 4.43. The van der Waals surface area contributed by atoms with Crippen LogP contribution in [-0.2, 0) is 14.3 Å². The summed E-state index contributed by atoms with van der Waals surface area (Å²) < 4.78 is 36.6. The van der Waals surface area contributed by atoms with Crippen molar-refractivity contribution in [1.29, 1.82) is 0 Å². The molecule has 0 saturated heterocycles. The van der Waals surface area contributed by atoms with E-state index in [2.05, 4.69) is 19.2 Å². The van der Waals surface area contributed by atoms with Crippen LogP contribution in [0, 0.1) is 5.92 Å². The summed E-state index contributed by atoms with van der Waals surface area (Å²) in [5.41, 5.74) is 0.667. The molecule has 0 fully saturated rings. The molecule has 0 bridgehead atoms. The number of ether oxygens (including phenoxy) is 1. The maximum absolute atomic E-state index is 11.3. The molecule has 2 N–H and O–H groups in total. The van der Waals surface area contributed by atoms with Crippen molar-refractivity contribution in [2.75, 3.05) is 13.7 Å². The molecule has 0 amide bonds. The first-order valence-electron chi connectivity index (χ1n) is 6.30. The minimum absolute atomic E-state index is 0.222. The summed E-state index contributed by atoms with van der Waals surface area (Å²) in [7, 11) is 1.89. The van der Waals surface area contributed by atoms with Crippen molar-refractivity contribution in [3.8, 4) is 0 Å². The van der Waals surface area contributed by atoms with E-state index in [1.807, 2.05) is 20.0 Å². The minimum Gasteiger partial charge on any atom is -0.475 e. The number of carboxylic acid groups (broad SMARTS) is 1. The lowest BCUT2D eigenvalue weighted by atomic mass is 10.0. The van der Waals surface area contributed by atoms with Crippen LogP contribution in [0.15, 0.2) is 11.6 Å². The standard InChI is InChI=1S/C11H21NO2.C2HF3O2/c1-6-14-11(13)9(4)7-10(12-5)8(2)3;3-2(4,5)1(6)7/h7-8,10,12H,6H2,1-5H3;(H,6,7)/b9-7+;/t10-;/m1./s1.